The highest BCUT2D eigenvalue weighted by molar-refractivity contribution is 5.43. The van der Waals surface area contributed by atoms with Crippen LogP contribution in [0.1, 0.15) is 5.56 Å². The second kappa shape index (κ2) is 6.34. The summed E-state index contributed by atoms with van der Waals surface area (Å²) in [7, 11) is 0. The van der Waals surface area contributed by atoms with Gasteiger partial charge in [0.25, 0.3) is 5.69 Å². The molecule has 0 aliphatic rings. The Labute approximate surface area is 106 Å². The topological polar surface area (TPSA) is 87.6 Å². The normalized spacial score (nSPS) is 11.4. The number of benzene rings is 1. The van der Waals surface area contributed by atoms with Crippen molar-refractivity contribution < 1.29 is 27.6 Å². The Morgan fingerprint density at radius 1 is 1.32 bits per heavy atom. The summed E-state index contributed by atoms with van der Waals surface area (Å²) in [6, 6.07) is 3.67. The lowest BCUT2D eigenvalue weighted by atomic mass is 10.2. The molecule has 0 saturated heterocycles. The predicted molar refractivity (Wildman–Crippen MR) is 58.5 cm³/mol. The first-order valence-electron chi connectivity index (χ1n) is 5.14. The highest BCUT2D eigenvalue weighted by Crippen LogP contribution is 2.24. The van der Waals surface area contributed by atoms with E-state index in [1.165, 1.54) is 18.2 Å². The maximum absolute atomic E-state index is 11.7. The second-order valence-corrected chi connectivity index (χ2v) is 3.40. The highest BCUT2D eigenvalue weighted by atomic mass is 19.4. The fourth-order valence-electron chi connectivity index (χ4n) is 1.29. The van der Waals surface area contributed by atoms with Crippen molar-refractivity contribution >= 4 is 5.69 Å². The Kier molecular flexibility index (Phi) is 5.07. The van der Waals surface area contributed by atoms with Crippen LogP contribution in [-0.2, 0) is 11.3 Å². The molecule has 6 nitrogen and oxygen atoms in total. The van der Waals surface area contributed by atoms with Crippen LogP contribution in [0, 0.1) is 10.1 Å². The van der Waals surface area contributed by atoms with Crippen molar-refractivity contribution in [1.29, 1.82) is 0 Å². The average molecular weight is 280 g/mol. The molecule has 1 rings (SSSR count). The number of ether oxygens (including phenoxy) is 2. The van der Waals surface area contributed by atoms with Gasteiger partial charge in [0.2, 0.25) is 0 Å². The van der Waals surface area contributed by atoms with Crippen molar-refractivity contribution in [3.05, 3.63) is 33.9 Å². The van der Waals surface area contributed by atoms with Gasteiger partial charge in [0.15, 0.2) is 0 Å². The minimum atomic E-state index is -4.71. The monoisotopic (exact) mass is 280 g/mol. The lowest BCUT2D eigenvalue weighted by Gasteiger charge is -2.11. The molecule has 0 aromatic heterocycles. The molecule has 0 saturated carbocycles. The van der Waals surface area contributed by atoms with E-state index in [-0.39, 0.29) is 24.6 Å². The van der Waals surface area contributed by atoms with E-state index in [1.807, 2.05) is 0 Å². The van der Waals surface area contributed by atoms with Crippen molar-refractivity contribution in [1.82, 2.24) is 0 Å². The molecule has 19 heavy (non-hydrogen) atoms. The first-order chi connectivity index (χ1) is 8.83. The summed E-state index contributed by atoms with van der Waals surface area (Å²) in [6.07, 6.45) is -4.71. The molecule has 1 aromatic carbocycles. The van der Waals surface area contributed by atoms with Crippen molar-refractivity contribution in [3.8, 4) is 5.75 Å². The van der Waals surface area contributed by atoms with Gasteiger partial charge in [-0.1, -0.05) is 0 Å². The van der Waals surface area contributed by atoms with Gasteiger partial charge in [-0.15, -0.1) is 13.2 Å². The van der Waals surface area contributed by atoms with Gasteiger partial charge >= 0.3 is 6.36 Å². The number of hydrogen-bond acceptors (Lipinski definition) is 5. The van der Waals surface area contributed by atoms with Crippen molar-refractivity contribution in [2.75, 3.05) is 13.2 Å². The van der Waals surface area contributed by atoms with E-state index in [4.69, 9.17) is 10.5 Å². The summed E-state index contributed by atoms with van der Waals surface area (Å²) >= 11 is 0. The quantitative estimate of drug-likeness (QED) is 0.489. The molecule has 9 heteroatoms. The zero-order valence-corrected chi connectivity index (χ0v) is 9.64. The van der Waals surface area contributed by atoms with Gasteiger partial charge < -0.3 is 10.5 Å². The maximum Gasteiger partial charge on any atom is 0.522 e. The molecule has 0 aliphatic heterocycles. The standard InChI is InChI=1S/C10H11F3N2O4/c11-10(12,13)19-4-3-18-9-2-1-8(15(16)17)5-7(9)6-14/h1-2,5H,3-4,6,14H2. The van der Waals surface area contributed by atoms with Crippen molar-refractivity contribution in [2.24, 2.45) is 5.73 Å². The molecular weight excluding hydrogens is 269 g/mol. The maximum atomic E-state index is 11.7. The summed E-state index contributed by atoms with van der Waals surface area (Å²) in [5.74, 6) is 0.193. The van der Waals surface area contributed by atoms with Gasteiger partial charge in [-0.05, 0) is 6.07 Å². The van der Waals surface area contributed by atoms with E-state index < -0.39 is 17.9 Å². The largest absolute Gasteiger partial charge is 0.522 e. The molecule has 0 spiro atoms. The lowest BCUT2D eigenvalue weighted by Crippen LogP contribution is -2.18. The third-order valence-corrected chi connectivity index (χ3v) is 2.08. The van der Waals surface area contributed by atoms with Crippen molar-refractivity contribution in [3.63, 3.8) is 0 Å². The Balaban J connectivity index is 2.61. The number of alkyl halides is 3. The summed E-state index contributed by atoms with van der Waals surface area (Å²) in [4.78, 5) is 9.93. The number of halogens is 3. The molecule has 106 valence electrons. The summed E-state index contributed by atoms with van der Waals surface area (Å²) in [5.41, 5.74) is 5.55. The molecule has 0 unspecified atom stereocenters. The molecule has 0 amide bonds. The van der Waals surface area contributed by atoms with Gasteiger partial charge in [0.1, 0.15) is 12.4 Å². The fraction of sp³-hybridized carbons (Fsp3) is 0.400. The molecule has 0 atom stereocenters. The predicted octanol–water partition coefficient (Wildman–Crippen LogP) is 1.97. The molecule has 0 bridgehead atoms. The number of hydrogen-bond donors (Lipinski definition) is 1. The molecule has 0 radical (unpaired) electrons. The van der Waals surface area contributed by atoms with Gasteiger partial charge in [-0.2, -0.15) is 0 Å². The summed E-state index contributed by atoms with van der Waals surface area (Å²) < 4.78 is 43.6. The van der Waals surface area contributed by atoms with Crippen LogP contribution in [0.5, 0.6) is 5.75 Å². The van der Waals surface area contributed by atoms with Crippen LogP contribution in [0.2, 0.25) is 0 Å². The molecule has 1 aromatic rings. The Hall–Kier alpha value is -1.87. The van der Waals surface area contributed by atoms with Gasteiger partial charge in [0, 0.05) is 24.2 Å². The SMILES string of the molecule is NCc1cc([N+](=O)[O-])ccc1OCCOC(F)(F)F. The third kappa shape index (κ3) is 5.10. The number of nitrogens with zero attached hydrogens (tertiary/aromatic N) is 1. The number of nitro benzene ring substituents is 1. The lowest BCUT2D eigenvalue weighted by molar-refractivity contribution is -0.384. The summed E-state index contributed by atoms with van der Waals surface area (Å²) in [5, 5.41) is 10.5. The summed E-state index contributed by atoms with van der Waals surface area (Å²) in [6.45, 7) is -1.05. The van der Waals surface area contributed by atoms with E-state index in [2.05, 4.69) is 4.74 Å². The van der Waals surface area contributed by atoms with E-state index >= 15 is 0 Å². The van der Waals surface area contributed by atoms with Crippen LogP contribution < -0.4 is 10.5 Å². The fourth-order valence-corrected chi connectivity index (χ4v) is 1.29. The van der Waals surface area contributed by atoms with Gasteiger partial charge in [-0.3, -0.25) is 14.9 Å². The molecule has 2 N–H and O–H groups in total. The van der Waals surface area contributed by atoms with Gasteiger partial charge in [-0.25, -0.2) is 0 Å². The first kappa shape index (κ1) is 15.2. The second-order valence-electron chi connectivity index (χ2n) is 3.40. The van der Waals surface area contributed by atoms with E-state index in [9.17, 15) is 23.3 Å². The van der Waals surface area contributed by atoms with Crippen LogP contribution in [0.25, 0.3) is 0 Å². The van der Waals surface area contributed by atoms with Crippen LogP contribution in [0.15, 0.2) is 18.2 Å². The van der Waals surface area contributed by atoms with Crippen LogP contribution in [0.4, 0.5) is 18.9 Å². The van der Waals surface area contributed by atoms with Gasteiger partial charge in [0.05, 0.1) is 11.5 Å². The molecule has 0 fully saturated rings. The number of rotatable bonds is 6. The number of nitrogens with two attached hydrogens (primary N) is 1. The number of nitro groups is 1. The molecule has 0 aliphatic carbocycles. The highest BCUT2D eigenvalue weighted by Gasteiger charge is 2.28. The Morgan fingerprint density at radius 3 is 2.53 bits per heavy atom. The smallest absolute Gasteiger partial charge is 0.491 e. The third-order valence-electron chi connectivity index (χ3n) is 2.08. The Bertz CT molecular complexity index is 451. The van der Waals surface area contributed by atoms with E-state index in [0.717, 1.165) is 0 Å². The zero-order chi connectivity index (χ0) is 14.5. The molecule has 0 heterocycles. The van der Waals surface area contributed by atoms with E-state index in [1.54, 1.807) is 0 Å². The minimum Gasteiger partial charge on any atom is -0.491 e. The average Bonchev–Trinajstić information content (AvgIpc) is 2.33. The Morgan fingerprint density at radius 2 is 2.00 bits per heavy atom. The van der Waals surface area contributed by atoms with Crippen molar-refractivity contribution in [2.45, 2.75) is 12.9 Å². The molecular formula is C10H11F3N2O4. The van der Waals surface area contributed by atoms with Crippen LogP contribution in [-0.4, -0.2) is 24.5 Å². The van der Waals surface area contributed by atoms with Crippen LogP contribution in [0.3, 0.4) is 0 Å². The zero-order valence-electron chi connectivity index (χ0n) is 9.64. The van der Waals surface area contributed by atoms with Crippen LogP contribution >= 0.6 is 0 Å². The van der Waals surface area contributed by atoms with E-state index in [0.29, 0.717) is 5.56 Å². The first-order valence-corrected chi connectivity index (χ1v) is 5.14. The minimum absolute atomic E-state index is 0.0306. The number of non-ortho nitro benzene ring substituents is 1.